The highest BCUT2D eigenvalue weighted by molar-refractivity contribution is 7.80. The van der Waals surface area contributed by atoms with Crippen molar-refractivity contribution in [1.82, 2.24) is 10.3 Å². The molecule has 6 nitrogen and oxygen atoms in total. The van der Waals surface area contributed by atoms with E-state index in [4.69, 9.17) is 5.11 Å². The smallest absolute Gasteiger partial charge is 0.327 e. The van der Waals surface area contributed by atoms with Crippen molar-refractivity contribution in [3.63, 3.8) is 0 Å². The second kappa shape index (κ2) is 7.65. The third-order valence-electron chi connectivity index (χ3n) is 3.37. The van der Waals surface area contributed by atoms with Crippen LogP contribution in [0.25, 0.3) is 10.8 Å². The molecule has 0 radical (unpaired) electrons. The molecule has 1 aromatic carbocycles. The minimum absolute atomic E-state index is 0.00205. The number of rotatable bonds is 5. The number of hydrogen-bond donors (Lipinski definition) is 3. The van der Waals surface area contributed by atoms with E-state index < -0.39 is 17.9 Å². The van der Waals surface area contributed by atoms with E-state index in [0.717, 1.165) is 16.3 Å². The second-order valence-corrected chi connectivity index (χ2v) is 7.02. The Labute approximate surface area is 151 Å². The number of carbonyl (C=O) groups excluding carboxylic acids is 1. The number of carboxylic acid groups (broad SMARTS) is 1. The number of thiol groups is 1. The van der Waals surface area contributed by atoms with Gasteiger partial charge in [0.15, 0.2) is 0 Å². The summed E-state index contributed by atoms with van der Waals surface area (Å²) in [6.07, 6.45) is 3.38. The number of carbonyl (C=O) groups is 2. The van der Waals surface area contributed by atoms with Crippen molar-refractivity contribution < 1.29 is 14.7 Å². The minimum Gasteiger partial charge on any atom is -0.480 e. The summed E-state index contributed by atoms with van der Waals surface area (Å²) in [7, 11) is 0. The lowest BCUT2D eigenvalue weighted by atomic mass is 10.1. The maximum atomic E-state index is 12.2. The molecule has 1 aromatic heterocycles. The number of aliphatic carboxylic acids is 1. The van der Waals surface area contributed by atoms with Crippen LogP contribution in [0.15, 0.2) is 35.5 Å². The number of benzene rings is 1. The Morgan fingerprint density at radius 2 is 2.04 bits per heavy atom. The Kier molecular flexibility index (Phi) is 5.79. The van der Waals surface area contributed by atoms with E-state index >= 15 is 0 Å². The second-order valence-electron chi connectivity index (χ2n) is 6.65. The van der Waals surface area contributed by atoms with E-state index in [-0.39, 0.29) is 17.0 Å². The fraction of sp³-hybridized carbons (Fsp3) is 0.333. The first-order chi connectivity index (χ1) is 11.7. The van der Waals surface area contributed by atoms with Crippen LogP contribution in [-0.4, -0.2) is 45.5 Å². The summed E-state index contributed by atoms with van der Waals surface area (Å²) in [4.78, 5) is 31.8. The van der Waals surface area contributed by atoms with E-state index in [0.29, 0.717) is 0 Å². The first kappa shape index (κ1) is 18.9. The number of aromatic nitrogens is 1. The van der Waals surface area contributed by atoms with Gasteiger partial charge in [0, 0.05) is 23.6 Å². The predicted molar refractivity (Wildman–Crippen MR) is 102 cm³/mol. The Hall–Kier alpha value is -2.41. The van der Waals surface area contributed by atoms with Crippen molar-refractivity contribution in [2.24, 2.45) is 4.99 Å². The maximum Gasteiger partial charge on any atom is 0.327 e. The molecule has 132 valence electrons. The van der Waals surface area contributed by atoms with Crippen LogP contribution in [0, 0.1) is 0 Å². The van der Waals surface area contributed by atoms with Crippen LogP contribution < -0.4 is 5.32 Å². The Balaban J connectivity index is 2.29. The molecule has 1 amide bonds. The van der Waals surface area contributed by atoms with Crippen LogP contribution in [-0.2, 0) is 4.79 Å². The van der Waals surface area contributed by atoms with Gasteiger partial charge in [-0.2, -0.15) is 12.6 Å². The molecular weight excluding hydrogens is 338 g/mol. The molecule has 0 spiro atoms. The summed E-state index contributed by atoms with van der Waals surface area (Å²) in [5.41, 5.74) is 0.904. The number of carboxylic acids is 1. The molecular formula is C18H21N3O3S. The van der Waals surface area contributed by atoms with Gasteiger partial charge >= 0.3 is 5.97 Å². The Bertz CT molecular complexity index is 828. The third-order valence-corrected chi connectivity index (χ3v) is 3.73. The van der Waals surface area contributed by atoms with Gasteiger partial charge in [0.05, 0.1) is 5.54 Å². The number of nitrogens with one attached hydrogen (secondary N) is 1. The summed E-state index contributed by atoms with van der Waals surface area (Å²) in [5, 5.41) is 13.1. The predicted octanol–water partition coefficient (Wildman–Crippen LogP) is 2.57. The largest absolute Gasteiger partial charge is 0.480 e. The highest BCUT2D eigenvalue weighted by atomic mass is 32.1. The molecule has 25 heavy (non-hydrogen) atoms. The van der Waals surface area contributed by atoms with Crippen LogP contribution in [0.3, 0.4) is 0 Å². The number of amides is 1. The first-order valence-corrected chi connectivity index (χ1v) is 8.42. The van der Waals surface area contributed by atoms with Crippen molar-refractivity contribution in [3.05, 3.63) is 41.7 Å². The van der Waals surface area contributed by atoms with Gasteiger partial charge in [-0.15, -0.1) is 0 Å². The van der Waals surface area contributed by atoms with Gasteiger partial charge in [0.2, 0.25) is 0 Å². The quantitative estimate of drug-likeness (QED) is 0.565. The molecule has 0 bridgehead atoms. The molecule has 0 saturated heterocycles. The first-order valence-electron chi connectivity index (χ1n) is 7.79. The summed E-state index contributed by atoms with van der Waals surface area (Å²) < 4.78 is 0. The van der Waals surface area contributed by atoms with E-state index in [2.05, 4.69) is 27.9 Å². The maximum absolute atomic E-state index is 12.2. The van der Waals surface area contributed by atoms with Gasteiger partial charge in [0.25, 0.3) is 5.91 Å². The molecule has 0 aliphatic carbocycles. The number of aliphatic imine (C=N–C) groups is 1. The number of fused-ring (bicyclic) bond motifs is 1. The van der Waals surface area contributed by atoms with Crippen LogP contribution in [0.5, 0.6) is 0 Å². The van der Waals surface area contributed by atoms with Crippen LogP contribution in [0.4, 0.5) is 0 Å². The van der Waals surface area contributed by atoms with Crippen molar-refractivity contribution in [3.8, 4) is 0 Å². The zero-order valence-corrected chi connectivity index (χ0v) is 15.2. The van der Waals surface area contributed by atoms with Crippen molar-refractivity contribution in [2.45, 2.75) is 32.4 Å². The summed E-state index contributed by atoms with van der Waals surface area (Å²) in [6.45, 7) is 6.03. The van der Waals surface area contributed by atoms with E-state index in [1.165, 1.54) is 0 Å². The molecule has 2 rings (SSSR count). The zero-order chi connectivity index (χ0) is 18.6. The molecule has 2 N–H and O–H groups in total. The lowest BCUT2D eigenvalue weighted by Gasteiger charge is -2.12. The van der Waals surface area contributed by atoms with Crippen LogP contribution >= 0.6 is 12.6 Å². The fourth-order valence-corrected chi connectivity index (χ4v) is 2.30. The molecule has 0 aliphatic heterocycles. The average molecular weight is 359 g/mol. The molecule has 1 heterocycles. The normalized spacial score (nSPS) is 13.1. The van der Waals surface area contributed by atoms with E-state index in [1.807, 2.05) is 39.0 Å². The van der Waals surface area contributed by atoms with E-state index in [9.17, 15) is 9.59 Å². The minimum atomic E-state index is -1.13. The van der Waals surface area contributed by atoms with Gasteiger partial charge in [-0.1, -0.05) is 12.1 Å². The van der Waals surface area contributed by atoms with E-state index in [1.54, 1.807) is 18.5 Å². The van der Waals surface area contributed by atoms with Gasteiger partial charge in [0.1, 0.15) is 11.7 Å². The Morgan fingerprint density at radius 3 is 2.64 bits per heavy atom. The topological polar surface area (TPSA) is 91.7 Å². The SMILES string of the molecule is CC(C)(C)N=Cc1ccc2cnc(C(=O)NC(CS)C(=O)O)cc2c1. The van der Waals surface area contributed by atoms with Crippen LogP contribution in [0.1, 0.15) is 36.8 Å². The summed E-state index contributed by atoms with van der Waals surface area (Å²) in [5.74, 6) is -1.68. The molecule has 2 aromatic rings. The number of pyridine rings is 1. The van der Waals surface area contributed by atoms with Crippen LogP contribution in [0.2, 0.25) is 0 Å². The monoisotopic (exact) mass is 359 g/mol. The lowest BCUT2D eigenvalue weighted by molar-refractivity contribution is -0.138. The standard InChI is InChI=1S/C18H21N3O3S/c1-18(2,3)20-8-11-4-5-12-9-19-14(7-13(12)6-11)16(22)21-15(10-25)17(23)24/h4-9,15,25H,10H2,1-3H3,(H,21,22)(H,23,24). The molecule has 1 atom stereocenters. The fourth-order valence-electron chi connectivity index (χ4n) is 2.05. The Morgan fingerprint density at radius 1 is 1.32 bits per heavy atom. The highest BCUT2D eigenvalue weighted by Crippen LogP contribution is 2.16. The molecule has 0 saturated carbocycles. The van der Waals surface area contributed by atoms with Crippen molar-refractivity contribution >= 4 is 41.5 Å². The summed E-state index contributed by atoms with van der Waals surface area (Å²) in [6, 6.07) is 6.33. The molecule has 1 unspecified atom stereocenters. The molecule has 7 heteroatoms. The molecule has 0 fully saturated rings. The summed E-state index contributed by atoms with van der Waals surface area (Å²) >= 11 is 3.93. The van der Waals surface area contributed by atoms with Gasteiger partial charge < -0.3 is 10.4 Å². The van der Waals surface area contributed by atoms with Gasteiger partial charge in [-0.05, 0) is 43.9 Å². The third kappa shape index (κ3) is 5.29. The number of nitrogens with zero attached hydrogens (tertiary/aromatic N) is 2. The van der Waals surface area contributed by atoms with Crippen molar-refractivity contribution in [2.75, 3.05) is 5.75 Å². The van der Waals surface area contributed by atoms with Gasteiger partial charge in [-0.25, -0.2) is 4.79 Å². The van der Waals surface area contributed by atoms with Crippen molar-refractivity contribution in [1.29, 1.82) is 0 Å². The highest BCUT2D eigenvalue weighted by Gasteiger charge is 2.19. The number of hydrogen-bond acceptors (Lipinski definition) is 5. The average Bonchev–Trinajstić information content (AvgIpc) is 2.55. The lowest BCUT2D eigenvalue weighted by Crippen LogP contribution is -2.42. The molecule has 0 aliphatic rings. The zero-order valence-electron chi connectivity index (χ0n) is 14.4. The van der Waals surface area contributed by atoms with Gasteiger partial charge in [-0.3, -0.25) is 14.8 Å².